The van der Waals surface area contributed by atoms with Crippen molar-refractivity contribution in [2.75, 3.05) is 0 Å². The Kier molecular flexibility index (Phi) is 4.66. The predicted octanol–water partition coefficient (Wildman–Crippen LogP) is 5.57. The van der Waals surface area contributed by atoms with E-state index in [4.69, 9.17) is 4.43 Å². The standard InChI is InChI=1S/C18H26OSi/c1-6-16-17(15-12-10-9-11-13-15)19-20(7-2,8-3)18(16)14(4)5/h9-13,17H,4,6-8H2,1-3,5H3. The minimum Gasteiger partial charge on any atom is -0.402 e. The summed E-state index contributed by atoms with van der Waals surface area (Å²) in [5.74, 6) is 0. The molecule has 2 heteroatoms. The fourth-order valence-corrected chi connectivity index (χ4v) is 7.53. The SMILES string of the molecule is C=C(C)C1=C(CC)C(c2ccccc2)O[Si]1(CC)CC. The van der Waals surface area contributed by atoms with Gasteiger partial charge >= 0.3 is 0 Å². The molecule has 0 radical (unpaired) electrons. The number of hydrogen-bond acceptors (Lipinski definition) is 1. The van der Waals surface area contributed by atoms with Crippen molar-refractivity contribution in [2.24, 2.45) is 0 Å². The van der Waals surface area contributed by atoms with Gasteiger partial charge in [0.15, 0.2) is 0 Å². The van der Waals surface area contributed by atoms with Crippen molar-refractivity contribution in [3.05, 3.63) is 58.8 Å². The minimum absolute atomic E-state index is 0.152. The van der Waals surface area contributed by atoms with Gasteiger partial charge in [-0.25, -0.2) is 0 Å². The zero-order valence-corrected chi connectivity index (χ0v) is 14.2. The van der Waals surface area contributed by atoms with Crippen LogP contribution in [0, 0.1) is 0 Å². The number of hydrogen-bond donors (Lipinski definition) is 0. The Morgan fingerprint density at radius 2 is 1.75 bits per heavy atom. The Hall–Kier alpha value is -1.12. The van der Waals surface area contributed by atoms with Crippen LogP contribution in [0.2, 0.25) is 12.1 Å². The van der Waals surface area contributed by atoms with Crippen molar-refractivity contribution in [1.82, 2.24) is 0 Å². The first-order valence-corrected chi connectivity index (χ1v) is 10.0. The molecule has 0 bridgehead atoms. The summed E-state index contributed by atoms with van der Waals surface area (Å²) < 4.78 is 6.71. The minimum atomic E-state index is -1.82. The molecule has 1 aromatic carbocycles. The molecule has 108 valence electrons. The first-order chi connectivity index (χ1) is 9.59. The van der Waals surface area contributed by atoms with Crippen LogP contribution < -0.4 is 0 Å². The maximum atomic E-state index is 6.71. The molecule has 0 amide bonds. The first-order valence-electron chi connectivity index (χ1n) is 7.71. The lowest BCUT2D eigenvalue weighted by atomic mass is 9.98. The van der Waals surface area contributed by atoms with Crippen molar-refractivity contribution in [2.45, 2.75) is 52.3 Å². The summed E-state index contributed by atoms with van der Waals surface area (Å²) in [7, 11) is -1.82. The van der Waals surface area contributed by atoms with Gasteiger partial charge in [0.25, 0.3) is 0 Å². The van der Waals surface area contributed by atoms with Gasteiger partial charge in [0.2, 0.25) is 8.32 Å². The van der Waals surface area contributed by atoms with Crippen LogP contribution in [0.1, 0.15) is 45.8 Å². The van der Waals surface area contributed by atoms with E-state index in [-0.39, 0.29) is 6.10 Å². The Morgan fingerprint density at radius 3 is 2.20 bits per heavy atom. The molecule has 0 saturated carbocycles. The molecule has 1 atom stereocenters. The van der Waals surface area contributed by atoms with E-state index >= 15 is 0 Å². The first kappa shape index (κ1) is 15.3. The van der Waals surface area contributed by atoms with E-state index in [1.54, 1.807) is 0 Å². The highest BCUT2D eigenvalue weighted by Gasteiger charge is 2.46. The van der Waals surface area contributed by atoms with Gasteiger partial charge in [-0.15, -0.1) is 0 Å². The molecule has 0 aliphatic carbocycles. The summed E-state index contributed by atoms with van der Waals surface area (Å²) in [5.41, 5.74) is 3.98. The molecule has 0 spiro atoms. The third kappa shape index (κ3) is 2.43. The maximum absolute atomic E-state index is 6.71. The fourth-order valence-electron chi connectivity index (χ4n) is 3.47. The molecule has 0 N–H and O–H groups in total. The van der Waals surface area contributed by atoms with Gasteiger partial charge in [0.05, 0.1) is 6.10 Å². The van der Waals surface area contributed by atoms with Crippen LogP contribution in [0.4, 0.5) is 0 Å². The van der Waals surface area contributed by atoms with Gasteiger partial charge in [0, 0.05) is 0 Å². The molecular weight excluding hydrogens is 260 g/mol. The molecule has 20 heavy (non-hydrogen) atoms. The van der Waals surface area contributed by atoms with Crippen molar-refractivity contribution < 1.29 is 4.43 Å². The van der Waals surface area contributed by atoms with Crippen LogP contribution in [0.15, 0.2) is 53.3 Å². The number of allylic oxidation sites excluding steroid dienone is 2. The molecule has 1 aliphatic rings. The number of rotatable bonds is 5. The molecule has 2 rings (SSSR count). The topological polar surface area (TPSA) is 9.23 Å². The Labute approximate surface area is 124 Å². The van der Waals surface area contributed by atoms with E-state index in [1.807, 2.05) is 0 Å². The maximum Gasteiger partial charge on any atom is 0.225 e. The third-order valence-corrected chi connectivity index (χ3v) is 9.12. The van der Waals surface area contributed by atoms with Gasteiger partial charge in [-0.05, 0) is 41.8 Å². The Balaban J connectivity index is 2.55. The highest BCUT2D eigenvalue weighted by Crippen LogP contribution is 2.48. The molecule has 1 unspecified atom stereocenters. The second kappa shape index (κ2) is 6.11. The quantitative estimate of drug-likeness (QED) is 0.643. The van der Waals surface area contributed by atoms with Crippen LogP contribution in [0.25, 0.3) is 0 Å². The molecule has 1 aliphatic heterocycles. The second-order valence-corrected chi connectivity index (χ2v) is 9.78. The summed E-state index contributed by atoms with van der Waals surface area (Å²) in [6.45, 7) is 13.2. The highest BCUT2D eigenvalue weighted by atomic mass is 28.4. The lowest BCUT2D eigenvalue weighted by molar-refractivity contribution is 0.243. The molecule has 0 fully saturated rings. The molecule has 1 nitrogen and oxygen atoms in total. The second-order valence-electron chi connectivity index (χ2n) is 5.64. The van der Waals surface area contributed by atoms with Crippen LogP contribution in [0.5, 0.6) is 0 Å². The van der Waals surface area contributed by atoms with E-state index in [0.29, 0.717) is 0 Å². The zero-order valence-electron chi connectivity index (χ0n) is 13.2. The van der Waals surface area contributed by atoms with Gasteiger partial charge in [-0.2, -0.15) is 0 Å². The molecule has 1 heterocycles. The lowest BCUT2D eigenvalue weighted by Crippen LogP contribution is -2.36. The fraction of sp³-hybridized carbons (Fsp3) is 0.444. The van der Waals surface area contributed by atoms with Crippen molar-refractivity contribution >= 4 is 8.32 Å². The third-order valence-electron chi connectivity index (χ3n) is 4.49. The van der Waals surface area contributed by atoms with Gasteiger partial charge in [-0.3, -0.25) is 0 Å². The monoisotopic (exact) mass is 286 g/mol. The molecule has 0 aromatic heterocycles. The van der Waals surface area contributed by atoms with Gasteiger partial charge in [-0.1, -0.05) is 63.3 Å². The van der Waals surface area contributed by atoms with Crippen LogP contribution in [-0.2, 0) is 4.43 Å². The highest BCUT2D eigenvalue weighted by molar-refractivity contribution is 6.82. The summed E-state index contributed by atoms with van der Waals surface area (Å²) >= 11 is 0. The molecule has 1 aromatic rings. The summed E-state index contributed by atoms with van der Waals surface area (Å²) in [4.78, 5) is 0. The lowest BCUT2D eigenvalue weighted by Gasteiger charge is -2.28. The summed E-state index contributed by atoms with van der Waals surface area (Å²) in [6.07, 6.45) is 1.20. The van der Waals surface area contributed by atoms with Gasteiger partial charge in [0.1, 0.15) is 0 Å². The van der Waals surface area contributed by atoms with Crippen molar-refractivity contribution in [1.29, 1.82) is 0 Å². The molecular formula is C18H26OSi. The van der Waals surface area contributed by atoms with E-state index in [2.05, 4.69) is 64.6 Å². The van der Waals surface area contributed by atoms with E-state index in [1.165, 1.54) is 21.9 Å². The normalized spacial score (nSPS) is 21.3. The van der Waals surface area contributed by atoms with Crippen LogP contribution in [0.3, 0.4) is 0 Å². The Bertz CT molecular complexity index is 511. The average Bonchev–Trinajstić information content (AvgIpc) is 2.83. The van der Waals surface area contributed by atoms with Crippen molar-refractivity contribution in [3.63, 3.8) is 0 Å². The largest absolute Gasteiger partial charge is 0.402 e. The van der Waals surface area contributed by atoms with Crippen molar-refractivity contribution in [3.8, 4) is 0 Å². The van der Waals surface area contributed by atoms with Crippen LogP contribution >= 0.6 is 0 Å². The van der Waals surface area contributed by atoms with E-state index in [9.17, 15) is 0 Å². The predicted molar refractivity (Wildman–Crippen MR) is 89.1 cm³/mol. The summed E-state index contributed by atoms with van der Waals surface area (Å²) in [5, 5.41) is 1.50. The Morgan fingerprint density at radius 1 is 1.15 bits per heavy atom. The zero-order chi connectivity index (χ0) is 14.8. The average molecular weight is 286 g/mol. The summed E-state index contributed by atoms with van der Waals surface area (Å²) in [6, 6.07) is 12.9. The molecule has 0 saturated heterocycles. The van der Waals surface area contributed by atoms with Crippen LogP contribution in [-0.4, -0.2) is 8.32 Å². The smallest absolute Gasteiger partial charge is 0.225 e. The number of benzene rings is 1. The van der Waals surface area contributed by atoms with E-state index in [0.717, 1.165) is 18.5 Å². The van der Waals surface area contributed by atoms with Gasteiger partial charge < -0.3 is 4.43 Å². The van der Waals surface area contributed by atoms with E-state index < -0.39 is 8.32 Å².